The molecular weight excluding hydrogens is 438 g/mol. The molecule has 0 radical (unpaired) electrons. The first kappa shape index (κ1) is 20.7. The van der Waals surface area contributed by atoms with Gasteiger partial charge in [0.1, 0.15) is 0 Å². The van der Waals surface area contributed by atoms with Crippen LogP contribution in [0.1, 0.15) is 19.4 Å². The lowest BCUT2D eigenvalue weighted by Gasteiger charge is -2.18. The van der Waals surface area contributed by atoms with Crippen LogP contribution in [0.4, 0.5) is 5.69 Å². The number of aromatic hydroxyl groups is 1. The number of rotatable bonds is 5. The first-order valence-electron chi connectivity index (χ1n) is 8.94. The maximum Gasteiger partial charge on any atom is 0.340 e. The zero-order chi connectivity index (χ0) is 21.1. The number of allylic oxidation sites excluding steroid dienone is 1. The Kier molecular flexibility index (Phi) is 6.08. The van der Waals surface area contributed by atoms with Gasteiger partial charge in [-0.15, -0.1) is 0 Å². The number of anilines is 1. The molecule has 0 saturated carbocycles. The number of methoxy groups -OCH3 is 1. The second-order valence-electron chi connectivity index (χ2n) is 6.29. The zero-order valence-electron chi connectivity index (χ0n) is 16.2. The lowest BCUT2D eigenvalue weighted by molar-refractivity contribution is -0.136. The molecule has 1 N–H and O–H groups in total. The van der Waals surface area contributed by atoms with Gasteiger partial charge in [-0.1, -0.05) is 28.1 Å². The van der Waals surface area contributed by atoms with E-state index in [-0.39, 0.29) is 22.8 Å². The van der Waals surface area contributed by atoms with Crippen LogP contribution in [0.25, 0.3) is 6.08 Å². The molecule has 7 heteroatoms. The van der Waals surface area contributed by atoms with E-state index in [9.17, 15) is 14.7 Å². The number of halogens is 1. The number of carbonyl (C=O) groups is 2. The van der Waals surface area contributed by atoms with Crippen molar-refractivity contribution in [2.75, 3.05) is 18.6 Å². The van der Waals surface area contributed by atoms with Crippen LogP contribution in [0.3, 0.4) is 0 Å². The number of phenols is 1. The molecule has 2 aromatic carbocycles. The minimum atomic E-state index is -0.594. The Balaban J connectivity index is 2.12. The van der Waals surface area contributed by atoms with E-state index in [1.54, 1.807) is 37.3 Å². The molecule has 3 rings (SSSR count). The third-order valence-corrected chi connectivity index (χ3v) is 4.94. The van der Waals surface area contributed by atoms with Gasteiger partial charge >= 0.3 is 5.97 Å². The summed E-state index contributed by atoms with van der Waals surface area (Å²) in [6.07, 6.45) is 1.60. The molecule has 1 aliphatic rings. The van der Waals surface area contributed by atoms with E-state index in [1.807, 2.05) is 19.1 Å². The average Bonchev–Trinajstić information content (AvgIpc) is 2.94. The van der Waals surface area contributed by atoms with Gasteiger partial charge in [-0.3, -0.25) is 9.69 Å². The van der Waals surface area contributed by atoms with E-state index in [0.717, 1.165) is 4.47 Å². The number of hydrogen-bond acceptors (Lipinski definition) is 5. The Morgan fingerprint density at radius 1 is 1.24 bits per heavy atom. The lowest BCUT2D eigenvalue weighted by Crippen LogP contribution is -2.24. The normalized spacial score (nSPS) is 15.2. The Morgan fingerprint density at radius 3 is 2.66 bits per heavy atom. The van der Waals surface area contributed by atoms with Gasteiger partial charge in [0.15, 0.2) is 11.5 Å². The molecule has 6 nitrogen and oxygen atoms in total. The second-order valence-corrected chi connectivity index (χ2v) is 7.21. The van der Waals surface area contributed by atoms with Gasteiger partial charge in [-0.05, 0) is 55.8 Å². The predicted molar refractivity (Wildman–Crippen MR) is 114 cm³/mol. The highest BCUT2D eigenvalue weighted by molar-refractivity contribution is 9.10. The fourth-order valence-corrected chi connectivity index (χ4v) is 3.55. The molecule has 0 atom stereocenters. The van der Waals surface area contributed by atoms with E-state index in [1.165, 1.54) is 18.1 Å². The number of amides is 1. The summed E-state index contributed by atoms with van der Waals surface area (Å²) >= 11 is 3.41. The molecule has 0 saturated heterocycles. The monoisotopic (exact) mass is 457 g/mol. The van der Waals surface area contributed by atoms with Crippen LogP contribution in [0, 0.1) is 0 Å². The molecule has 29 heavy (non-hydrogen) atoms. The number of ether oxygens (including phenoxy) is 2. The first-order valence-corrected chi connectivity index (χ1v) is 9.73. The summed E-state index contributed by atoms with van der Waals surface area (Å²) in [6.45, 7) is 3.90. The Labute approximate surface area is 177 Å². The standard InChI is InChI=1S/C22H20BrNO5/c1-4-29-19-11-14(8-9-18(19)25)10-17-20(22(27)28-3)13(2)24(21(17)26)16-7-5-6-15(23)12-16/h5-12,25H,4H2,1-3H3. The Bertz CT molecular complexity index is 1040. The fraction of sp³-hybridized carbons (Fsp3) is 0.182. The molecular formula is C22H20BrNO5. The number of phenolic OH excluding ortho intramolecular Hbond substituents is 1. The van der Waals surface area contributed by atoms with E-state index < -0.39 is 5.97 Å². The van der Waals surface area contributed by atoms with Crippen molar-refractivity contribution in [3.8, 4) is 11.5 Å². The Hall–Kier alpha value is -3.06. The Morgan fingerprint density at radius 2 is 2.00 bits per heavy atom. The van der Waals surface area contributed by atoms with E-state index in [2.05, 4.69) is 15.9 Å². The third-order valence-electron chi connectivity index (χ3n) is 4.45. The molecule has 0 bridgehead atoms. The molecule has 0 spiro atoms. The van der Waals surface area contributed by atoms with Crippen molar-refractivity contribution in [2.45, 2.75) is 13.8 Å². The summed E-state index contributed by atoms with van der Waals surface area (Å²) in [6, 6.07) is 12.0. The number of benzene rings is 2. The largest absolute Gasteiger partial charge is 0.504 e. The van der Waals surface area contributed by atoms with Crippen LogP contribution in [0.15, 0.2) is 63.8 Å². The quantitative estimate of drug-likeness (QED) is 0.530. The fourth-order valence-electron chi connectivity index (χ4n) is 3.16. The molecule has 150 valence electrons. The van der Waals surface area contributed by atoms with Crippen molar-refractivity contribution >= 4 is 39.6 Å². The molecule has 0 unspecified atom stereocenters. The van der Waals surface area contributed by atoms with E-state index in [0.29, 0.717) is 29.3 Å². The number of nitrogens with zero attached hydrogens (tertiary/aromatic N) is 1. The molecule has 0 aromatic heterocycles. The maximum atomic E-state index is 13.3. The van der Waals surface area contributed by atoms with Gasteiger partial charge in [0.2, 0.25) is 0 Å². The summed E-state index contributed by atoms with van der Waals surface area (Å²) in [4.78, 5) is 27.2. The third kappa shape index (κ3) is 4.05. The summed E-state index contributed by atoms with van der Waals surface area (Å²) in [5, 5.41) is 9.91. The highest BCUT2D eigenvalue weighted by Gasteiger charge is 2.38. The van der Waals surface area contributed by atoms with Crippen LogP contribution in [0.2, 0.25) is 0 Å². The second kappa shape index (κ2) is 8.53. The lowest BCUT2D eigenvalue weighted by atomic mass is 10.0. The zero-order valence-corrected chi connectivity index (χ0v) is 17.8. The van der Waals surface area contributed by atoms with Gasteiger partial charge in [-0.2, -0.15) is 0 Å². The molecule has 0 aliphatic carbocycles. The van der Waals surface area contributed by atoms with Gasteiger partial charge in [-0.25, -0.2) is 4.79 Å². The van der Waals surface area contributed by atoms with Crippen LogP contribution in [0.5, 0.6) is 11.5 Å². The molecule has 2 aromatic rings. The minimum absolute atomic E-state index is 0.00225. The van der Waals surface area contributed by atoms with Crippen LogP contribution >= 0.6 is 15.9 Å². The van der Waals surface area contributed by atoms with Crippen molar-refractivity contribution in [1.82, 2.24) is 0 Å². The molecule has 1 heterocycles. The molecule has 0 fully saturated rings. The topological polar surface area (TPSA) is 76.1 Å². The predicted octanol–water partition coefficient (Wildman–Crippen LogP) is 4.43. The minimum Gasteiger partial charge on any atom is -0.504 e. The van der Waals surface area contributed by atoms with Gasteiger partial charge in [0, 0.05) is 10.2 Å². The van der Waals surface area contributed by atoms with Crippen molar-refractivity contribution < 1.29 is 24.2 Å². The summed E-state index contributed by atoms with van der Waals surface area (Å²) in [5.41, 5.74) is 2.13. The van der Waals surface area contributed by atoms with E-state index in [4.69, 9.17) is 9.47 Å². The first-order chi connectivity index (χ1) is 13.9. The van der Waals surface area contributed by atoms with Gasteiger partial charge < -0.3 is 14.6 Å². The smallest absolute Gasteiger partial charge is 0.340 e. The number of hydrogen-bond donors (Lipinski definition) is 1. The van der Waals surface area contributed by atoms with Crippen molar-refractivity contribution in [1.29, 1.82) is 0 Å². The number of carbonyl (C=O) groups excluding carboxylic acids is 2. The number of esters is 1. The van der Waals surface area contributed by atoms with Crippen LogP contribution in [-0.4, -0.2) is 30.7 Å². The van der Waals surface area contributed by atoms with Crippen molar-refractivity contribution in [2.24, 2.45) is 0 Å². The van der Waals surface area contributed by atoms with Crippen LogP contribution in [-0.2, 0) is 14.3 Å². The molecule has 1 amide bonds. The van der Waals surface area contributed by atoms with Gasteiger partial charge in [0.05, 0.1) is 30.6 Å². The van der Waals surface area contributed by atoms with Crippen molar-refractivity contribution in [3.05, 3.63) is 69.3 Å². The average molecular weight is 458 g/mol. The maximum absolute atomic E-state index is 13.3. The molecule has 1 aliphatic heterocycles. The highest BCUT2D eigenvalue weighted by atomic mass is 79.9. The summed E-state index contributed by atoms with van der Waals surface area (Å²) in [5.74, 6) is -0.630. The summed E-state index contributed by atoms with van der Waals surface area (Å²) < 4.78 is 11.1. The van der Waals surface area contributed by atoms with Gasteiger partial charge in [0.25, 0.3) is 5.91 Å². The SMILES string of the molecule is CCOc1cc(C=C2C(=O)N(c3cccc(Br)c3)C(C)=C2C(=O)OC)ccc1O. The highest BCUT2D eigenvalue weighted by Crippen LogP contribution is 2.37. The van der Waals surface area contributed by atoms with Crippen molar-refractivity contribution in [3.63, 3.8) is 0 Å². The van der Waals surface area contributed by atoms with E-state index >= 15 is 0 Å². The van der Waals surface area contributed by atoms with Crippen LogP contribution < -0.4 is 9.64 Å². The summed E-state index contributed by atoms with van der Waals surface area (Å²) in [7, 11) is 1.28.